The van der Waals surface area contributed by atoms with Gasteiger partial charge in [0, 0.05) is 12.1 Å². The maximum absolute atomic E-state index is 8.55. The van der Waals surface area contributed by atoms with Crippen LogP contribution in [0.2, 0.25) is 0 Å². The third-order valence-electron chi connectivity index (χ3n) is 1.05. The molecule has 0 rings (SSSR count). The summed E-state index contributed by atoms with van der Waals surface area (Å²) in [5.74, 6) is 0. The highest BCUT2D eigenvalue weighted by molar-refractivity contribution is 6.25. The topological polar surface area (TPSA) is 52.5 Å². The summed E-state index contributed by atoms with van der Waals surface area (Å²) in [4.78, 5) is 0. The molecular formula is C6H12ClNO2. The molecule has 0 saturated heterocycles. The van der Waals surface area contributed by atoms with Gasteiger partial charge in [-0.25, -0.2) is 0 Å². The summed E-state index contributed by atoms with van der Waals surface area (Å²) < 4.78 is 0. The van der Waals surface area contributed by atoms with Crippen molar-refractivity contribution < 1.29 is 10.2 Å². The molecule has 0 radical (unpaired) electrons. The number of hydrogen-bond acceptors (Lipinski definition) is 3. The highest BCUT2D eigenvalue weighted by atomic mass is 35.5. The van der Waals surface area contributed by atoms with Crippen LogP contribution in [0.15, 0.2) is 11.6 Å². The van der Waals surface area contributed by atoms with Gasteiger partial charge in [0.1, 0.15) is 0 Å². The fourth-order valence-electron chi connectivity index (χ4n) is 0.466. The van der Waals surface area contributed by atoms with Gasteiger partial charge in [0.2, 0.25) is 0 Å². The van der Waals surface area contributed by atoms with E-state index < -0.39 is 0 Å². The fraction of sp³-hybridized carbons (Fsp3) is 0.667. The number of rotatable bonds is 5. The second-order valence-electron chi connectivity index (χ2n) is 1.83. The first-order valence-corrected chi connectivity index (χ1v) is 3.49. The van der Waals surface area contributed by atoms with Gasteiger partial charge in [-0.05, 0) is 0 Å². The lowest BCUT2D eigenvalue weighted by atomic mass is 10.3. The number of aliphatic hydroxyl groups is 2. The van der Waals surface area contributed by atoms with Crippen LogP contribution < -0.4 is 5.32 Å². The van der Waals surface area contributed by atoms with Crippen LogP contribution >= 0.6 is 11.6 Å². The van der Waals surface area contributed by atoms with Crippen molar-refractivity contribution in [2.24, 2.45) is 0 Å². The predicted molar refractivity (Wildman–Crippen MR) is 41.0 cm³/mol. The van der Waals surface area contributed by atoms with Crippen molar-refractivity contribution in [2.75, 3.05) is 19.8 Å². The molecule has 0 aromatic carbocycles. The van der Waals surface area contributed by atoms with Crippen LogP contribution in [0, 0.1) is 0 Å². The molecule has 0 aromatic heterocycles. The number of nitrogens with one attached hydrogen (secondary N) is 1. The fourth-order valence-corrected chi connectivity index (χ4v) is 0.555. The molecule has 10 heavy (non-hydrogen) atoms. The molecule has 4 heteroatoms. The molecule has 0 aromatic rings. The van der Waals surface area contributed by atoms with E-state index in [1.54, 1.807) is 6.08 Å². The van der Waals surface area contributed by atoms with Gasteiger partial charge in [0.25, 0.3) is 0 Å². The zero-order chi connectivity index (χ0) is 7.82. The van der Waals surface area contributed by atoms with Crippen molar-refractivity contribution in [3.8, 4) is 0 Å². The quantitative estimate of drug-likeness (QED) is 0.524. The SMILES string of the molecule is OCC(CO)NC/C=C/Cl. The average Bonchev–Trinajstić information content (AvgIpc) is 1.99. The maximum Gasteiger partial charge on any atom is 0.0607 e. The standard InChI is InChI=1S/C6H12ClNO2/c7-2-1-3-8-6(4-9)5-10/h1-2,6,8-10H,3-5H2/b2-1+. The molecule has 0 unspecified atom stereocenters. The van der Waals surface area contributed by atoms with Crippen molar-refractivity contribution in [2.45, 2.75) is 6.04 Å². The van der Waals surface area contributed by atoms with Crippen molar-refractivity contribution in [3.05, 3.63) is 11.6 Å². The van der Waals surface area contributed by atoms with E-state index >= 15 is 0 Å². The summed E-state index contributed by atoms with van der Waals surface area (Å²) in [7, 11) is 0. The van der Waals surface area contributed by atoms with Crippen LogP contribution in [0.1, 0.15) is 0 Å². The molecule has 0 fully saturated rings. The molecule has 0 amide bonds. The molecule has 0 saturated carbocycles. The lowest BCUT2D eigenvalue weighted by Crippen LogP contribution is -2.35. The van der Waals surface area contributed by atoms with Crippen molar-refractivity contribution in [1.82, 2.24) is 5.32 Å². The van der Waals surface area contributed by atoms with Crippen LogP contribution in [0.25, 0.3) is 0 Å². The summed E-state index contributed by atoms with van der Waals surface area (Å²) in [6.07, 6.45) is 1.69. The lowest BCUT2D eigenvalue weighted by Gasteiger charge is -2.10. The smallest absolute Gasteiger partial charge is 0.0607 e. The Balaban J connectivity index is 3.25. The van der Waals surface area contributed by atoms with Gasteiger partial charge in [-0.15, -0.1) is 0 Å². The van der Waals surface area contributed by atoms with E-state index in [2.05, 4.69) is 5.32 Å². The second-order valence-corrected chi connectivity index (χ2v) is 2.08. The van der Waals surface area contributed by atoms with Gasteiger partial charge in [-0.1, -0.05) is 17.7 Å². The van der Waals surface area contributed by atoms with Crippen LogP contribution in [-0.2, 0) is 0 Å². The average molecular weight is 166 g/mol. The number of hydrogen-bond donors (Lipinski definition) is 3. The Hall–Kier alpha value is -0.0900. The second kappa shape index (κ2) is 7.02. The molecule has 60 valence electrons. The van der Waals surface area contributed by atoms with E-state index in [1.807, 2.05) is 0 Å². The highest BCUT2D eigenvalue weighted by Crippen LogP contribution is 1.80. The Bertz CT molecular complexity index is 93.7. The lowest BCUT2D eigenvalue weighted by molar-refractivity contribution is 0.174. The Morgan fingerprint density at radius 3 is 2.40 bits per heavy atom. The van der Waals surface area contributed by atoms with E-state index in [9.17, 15) is 0 Å². The molecule has 3 N–H and O–H groups in total. The monoisotopic (exact) mass is 165 g/mol. The van der Waals surface area contributed by atoms with Crippen LogP contribution in [0.4, 0.5) is 0 Å². The summed E-state index contributed by atoms with van der Waals surface area (Å²) in [6.45, 7) is 0.439. The van der Waals surface area contributed by atoms with Gasteiger partial charge < -0.3 is 15.5 Å². The zero-order valence-corrected chi connectivity index (χ0v) is 6.38. The molecule has 0 aliphatic carbocycles. The van der Waals surface area contributed by atoms with E-state index in [-0.39, 0.29) is 19.3 Å². The summed E-state index contributed by atoms with van der Waals surface area (Å²) in [5, 5.41) is 19.9. The zero-order valence-electron chi connectivity index (χ0n) is 5.63. The first-order valence-electron chi connectivity index (χ1n) is 3.05. The van der Waals surface area contributed by atoms with Crippen molar-refractivity contribution >= 4 is 11.6 Å². The minimum Gasteiger partial charge on any atom is -0.395 e. The van der Waals surface area contributed by atoms with Crippen molar-refractivity contribution in [3.63, 3.8) is 0 Å². The molecular weight excluding hydrogens is 154 g/mol. The Morgan fingerprint density at radius 2 is 2.00 bits per heavy atom. The van der Waals surface area contributed by atoms with Crippen LogP contribution in [0.3, 0.4) is 0 Å². The summed E-state index contributed by atoms with van der Waals surface area (Å²) in [5.41, 5.74) is 1.39. The van der Waals surface area contributed by atoms with E-state index in [1.165, 1.54) is 5.54 Å². The van der Waals surface area contributed by atoms with E-state index in [0.29, 0.717) is 6.54 Å². The molecule has 0 aliphatic heterocycles. The highest BCUT2D eigenvalue weighted by Gasteiger charge is 2.00. The van der Waals surface area contributed by atoms with Gasteiger partial charge in [0.15, 0.2) is 0 Å². The van der Waals surface area contributed by atoms with E-state index in [0.717, 1.165) is 0 Å². The molecule has 3 nitrogen and oxygen atoms in total. The predicted octanol–water partition coefficient (Wildman–Crippen LogP) is -0.318. The molecule has 0 heterocycles. The molecule has 0 spiro atoms. The minimum absolute atomic E-state index is 0.0629. The van der Waals surface area contributed by atoms with Crippen LogP contribution in [0.5, 0.6) is 0 Å². The Labute approximate surface area is 65.3 Å². The van der Waals surface area contributed by atoms with Gasteiger partial charge in [-0.3, -0.25) is 0 Å². The largest absolute Gasteiger partial charge is 0.395 e. The van der Waals surface area contributed by atoms with Gasteiger partial charge in [0.05, 0.1) is 19.3 Å². The maximum atomic E-state index is 8.55. The third-order valence-corrected chi connectivity index (χ3v) is 1.23. The van der Waals surface area contributed by atoms with Gasteiger partial charge >= 0.3 is 0 Å². The van der Waals surface area contributed by atoms with Crippen molar-refractivity contribution in [1.29, 1.82) is 0 Å². The Morgan fingerprint density at radius 1 is 1.40 bits per heavy atom. The normalized spacial score (nSPS) is 11.6. The van der Waals surface area contributed by atoms with Gasteiger partial charge in [-0.2, -0.15) is 0 Å². The molecule has 0 atom stereocenters. The first-order chi connectivity index (χ1) is 4.85. The third kappa shape index (κ3) is 4.76. The first kappa shape index (κ1) is 9.91. The molecule has 0 bridgehead atoms. The Kier molecular flexibility index (Phi) is 6.96. The summed E-state index contributed by atoms with van der Waals surface area (Å²) in [6, 6.07) is -0.243. The number of aliphatic hydroxyl groups excluding tert-OH is 2. The number of halogens is 1. The minimum atomic E-state index is -0.243. The summed E-state index contributed by atoms with van der Waals surface area (Å²) >= 11 is 5.23. The van der Waals surface area contributed by atoms with Crippen LogP contribution in [-0.4, -0.2) is 36.0 Å². The molecule has 0 aliphatic rings. The van der Waals surface area contributed by atoms with E-state index in [4.69, 9.17) is 21.8 Å².